The van der Waals surface area contributed by atoms with Gasteiger partial charge in [0.25, 0.3) is 0 Å². The number of hydrogen-bond donors (Lipinski definition) is 2. The summed E-state index contributed by atoms with van der Waals surface area (Å²) < 4.78 is 0. The van der Waals surface area contributed by atoms with Gasteiger partial charge in [-0.3, -0.25) is 4.79 Å². The molecule has 0 unspecified atom stereocenters. The maximum atomic E-state index is 10.1. The molecule has 2 rings (SSSR count). The molecule has 3 nitrogen and oxygen atoms in total. The summed E-state index contributed by atoms with van der Waals surface area (Å²) in [4.78, 5) is 10.1. The Bertz CT molecular complexity index is 528. The first kappa shape index (κ1) is 21.6. The molecule has 0 aliphatic rings. The molecule has 2 aromatic carbocycles. The number of halogens is 2. The van der Waals surface area contributed by atoms with Crippen LogP contribution in [0.3, 0.4) is 0 Å². The van der Waals surface area contributed by atoms with Crippen LogP contribution in [-0.2, 0) is 6.54 Å². The van der Waals surface area contributed by atoms with Crippen molar-refractivity contribution in [2.75, 3.05) is 13.1 Å². The van der Waals surface area contributed by atoms with E-state index in [2.05, 4.69) is 12.2 Å². The average Bonchev–Trinajstić information content (AvgIpc) is 2.56. The first-order valence-corrected chi connectivity index (χ1v) is 8.18. The van der Waals surface area contributed by atoms with E-state index < -0.39 is 0 Å². The van der Waals surface area contributed by atoms with Crippen molar-refractivity contribution in [3.63, 3.8) is 0 Å². The van der Waals surface area contributed by atoms with Gasteiger partial charge < -0.3 is 11.1 Å². The van der Waals surface area contributed by atoms with E-state index >= 15 is 0 Å². The fourth-order valence-electron chi connectivity index (χ4n) is 1.41. The van der Waals surface area contributed by atoms with Crippen molar-refractivity contribution in [3.05, 3.63) is 69.7 Å². The summed E-state index contributed by atoms with van der Waals surface area (Å²) in [5.74, 6) is 0. The van der Waals surface area contributed by atoms with Crippen LogP contribution in [0.15, 0.2) is 48.5 Å². The van der Waals surface area contributed by atoms with Crippen molar-refractivity contribution in [3.8, 4) is 0 Å². The Labute approximate surface area is 148 Å². The molecule has 2 aromatic rings. The van der Waals surface area contributed by atoms with Crippen LogP contribution in [0.25, 0.3) is 0 Å². The summed E-state index contributed by atoms with van der Waals surface area (Å²) >= 11 is 11.3. The lowest BCUT2D eigenvalue weighted by Gasteiger charge is -2.00. The predicted molar refractivity (Wildman–Crippen MR) is 100 cm³/mol. The lowest BCUT2D eigenvalue weighted by atomic mass is 10.2. The lowest BCUT2D eigenvalue weighted by molar-refractivity contribution is 0.112. The molecule has 0 saturated carbocycles. The second-order valence-corrected chi connectivity index (χ2v) is 5.36. The van der Waals surface area contributed by atoms with Crippen LogP contribution in [0.5, 0.6) is 0 Å². The van der Waals surface area contributed by atoms with Crippen LogP contribution < -0.4 is 11.1 Å². The Balaban J connectivity index is 0.000000365. The molecule has 0 bridgehead atoms. The smallest absolute Gasteiger partial charge is 0.150 e. The summed E-state index contributed by atoms with van der Waals surface area (Å²) in [6.45, 7) is 6.67. The third kappa shape index (κ3) is 11.8. The Hall–Kier alpha value is -1.39. The van der Waals surface area contributed by atoms with Gasteiger partial charge in [0, 0.05) is 22.2 Å². The molecule has 0 aliphatic heterocycles. The number of nitrogens with two attached hydrogens (primary N) is 1. The maximum absolute atomic E-state index is 10.1. The summed E-state index contributed by atoms with van der Waals surface area (Å²) in [5, 5.41) is 4.69. The van der Waals surface area contributed by atoms with Gasteiger partial charge >= 0.3 is 0 Å². The molecule has 23 heavy (non-hydrogen) atoms. The minimum absolute atomic E-state index is 0.652. The highest BCUT2D eigenvalue weighted by molar-refractivity contribution is 6.30. The molecular weight excluding hydrogens is 331 g/mol. The van der Waals surface area contributed by atoms with Crippen molar-refractivity contribution in [1.29, 1.82) is 0 Å². The molecule has 0 aromatic heterocycles. The average molecular weight is 355 g/mol. The highest BCUT2D eigenvalue weighted by atomic mass is 35.5. The van der Waals surface area contributed by atoms with Crippen LogP contribution in [-0.4, -0.2) is 19.4 Å². The van der Waals surface area contributed by atoms with Gasteiger partial charge in [0.2, 0.25) is 0 Å². The molecule has 0 radical (unpaired) electrons. The number of carbonyl (C=O) groups is 1. The minimum Gasteiger partial charge on any atom is -0.331 e. The third-order valence-corrected chi connectivity index (χ3v) is 3.00. The predicted octanol–water partition coefficient (Wildman–Crippen LogP) is 4.57. The number of rotatable bonds is 4. The van der Waals surface area contributed by atoms with Gasteiger partial charge in [0.05, 0.1) is 0 Å². The molecule has 0 amide bonds. The monoisotopic (exact) mass is 354 g/mol. The second kappa shape index (κ2) is 14.2. The van der Waals surface area contributed by atoms with E-state index in [9.17, 15) is 4.79 Å². The van der Waals surface area contributed by atoms with Gasteiger partial charge in [-0.05, 0) is 42.9 Å². The van der Waals surface area contributed by atoms with Crippen molar-refractivity contribution in [2.45, 2.75) is 20.4 Å². The van der Waals surface area contributed by atoms with Crippen molar-refractivity contribution < 1.29 is 4.79 Å². The Morgan fingerprint density at radius 2 is 1.39 bits per heavy atom. The maximum Gasteiger partial charge on any atom is 0.150 e. The molecule has 0 spiro atoms. The Kier molecular flexibility index (Phi) is 13.4. The van der Waals surface area contributed by atoms with Gasteiger partial charge in [-0.25, -0.2) is 0 Å². The standard InChI is InChI=1S/C9H12ClN.C7H5ClO.C2H7N/c1-2-11-7-8-3-5-9(10)6-4-8;8-7-3-1-6(5-9)2-4-7;1-2-3/h3-6,11H,2,7H2,1H3;1-5H;2-3H2,1H3. The van der Waals surface area contributed by atoms with E-state index in [1.54, 1.807) is 24.3 Å². The zero-order valence-corrected chi connectivity index (χ0v) is 15.1. The zero-order valence-electron chi connectivity index (χ0n) is 13.6. The first-order valence-electron chi connectivity index (χ1n) is 7.43. The molecule has 5 heteroatoms. The van der Waals surface area contributed by atoms with Gasteiger partial charge in [0.15, 0.2) is 0 Å². The largest absolute Gasteiger partial charge is 0.331 e. The van der Waals surface area contributed by atoms with E-state index in [1.807, 2.05) is 31.2 Å². The first-order chi connectivity index (χ1) is 11.1. The second-order valence-electron chi connectivity index (χ2n) is 4.48. The minimum atomic E-state index is 0.652. The van der Waals surface area contributed by atoms with E-state index in [4.69, 9.17) is 28.9 Å². The van der Waals surface area contributed by atoms with E-state index in [0.29, 0.717) is 10.6 Å². The zero-order chi connectivity index (χ0) is 17.5. The van der Waals surface area contributed by atoms with Crippen molar-refractivity contribution >= 4 is 29.5 Å². The molecule has 0 atom stereocenters. The normalized spacial score (nSPS) is 9.09. The molecule has 0 fully saturated rings. The highest BCUT2D eigenvalue weighted by Gasteiger charge is 1.90. The topological polar surface area (TPSA) is 55.1 Å². The molecule has 3 N–H and O–H groups in total. The fourth-order valence-corrected chi connectivity index (χ4v) is 1.66. The summed E-state index contributed by atoms with van der Waals surface area (Å²) in [6, 6.07) is 14.6. The van der Waals surface area contributed by atoms with Crippen molar-refractivity contribution in [2.24, 2.45) is 5.73 Å². The van der Waals surface area contributed by atoms with Crippen LogP contribution in [0.2, 0.25) is 10.0 Å². The lowest BCUT2D eigenvalue weighted by Crippen LogP contribution is -2.11. The third-order valence-electron chi connectivity index (χ3n) is 2.50. The number of aldehydes is 1. The van der Waals surface area contributed by atoms with Gasteiger partial charge in [-0.1, -0.05) is 61.3 Å². The van der Waals surface area contributed by atoms with E-state index in [1.165, 1.54) is 5.56 Å². The Morgan fingerprint density at radius 3 is 1.78 bits per heavy atom. The molecule has 0 aliphatic carbocycles. The van der Waals surface area contributed by atoms with E-state index in [0.717, 1.165) is 30.9 Å². The number of benzene rings is 2. The van der Waals surface area contributed by atoms with Crippen LogP contribution in [0.4, 0.5) is 0 Å². The van der Waals surface area contributed by atoms with Gasteiger partial charge in [-0.2, -0.15) is 0 Å². The molecule has 0 saturated heterocycles. The summed E-state index contributed by atoms with van der Waals surface area (Å²) in [5.41, 5.74) is 6.77. The highest BCUT2D eigenvalue weighted by Crippen LogP contribution is 2.09. The Morgan fingerprint density at radius 1 is 0.957 bits per heavy atom. The molecular formula is C18H24Cl2N2O. The number of nitrogens with one attached hydrogen (secondary N) is 1. The SMILES string of the molecule is CCN.CCNCc1ccc(Cl)cc1.O=Cc1ccc(Cl)cc1. The summed E-state index contributed by atoms with van der Waals surface area (Å²) in [6.07, 6.45) is 0.788. The van der Waals surface area contributed by atoms with E-state index in [-0.39, 0.29) is 0 Å². The van der Waals surface area contributed by atoms with Gasteiger partial charge in [0.1, 0.15) is 6.29 Å². The molecule has 126 valence electrons. The number of carbonyl (C=O) groups excluding carboxylic acids is 1. The molecule has 0 heterocycles. The van der Waals surface area contributed by atoms with Crippen molar-refractivity contribution in [1.82, 2.24) is 5.32 Å². The van der Waals surface area contributed by atoms with Gasteiger partial charge in [-0.15, -0.1) is 0 Å². The van der Waals surface area contributed by atoms with Crippen LogP contribution in [0, 0.1) is 0 Å². The number of hydrogen-bond acceptors (Lipinski definition) is 3. The van der Waals surface area contributed by atoms with Crippen LogP contribution >= 0.6 is 23.2 Å². The summed E-state index contributed by atoms with van der Waals surface area (Å²) in [7, 11) is 0. The quantitative estimate of drug-likeness (QED) is 0.790. The van der Waals surface area contributed by atoms with Crippen LogP contribution in [0.1, 0.15) is 29.8 Å². The fraction of sp³-hybridized carbons (Fsp3) is 0.278.